The first-order valence-electron chi connectivity index (χ1n) is 8.62. The number of rotatable bonds is 5. The molecule has 1 aromatic rings. The summed E-state index contributed by atoms with van der Waals surface area (Å²) in [5.41, 5.74) is 0.388. The standard InChI is InChI=1S/C18H20F3NO4/c19-18(20,21)26-15-4-2-1-3-12(15)13-9-14(13)16(23)22-11-7-5-10(6-8-11)17(24)25/h1-4,10-11,13-14H,5-9H2,(H,22,23)(H,24,25)/t10?,11?,13-,14+/m1/s1. The first-order valence-corrected chi connectivity index (χ1v) is 8.62. The molecule has 0 unspecified atom stereocenters. The van der Waals surface area contributed by atoms with Crippen LogP contribution in [0.3, 0.4) is 0 Å². The van der Waals surface area contributed by atoms with E-state index < -0.39 is 12.3 Å². The van der Waals surface area contributed by atoms with Crippen LogP contribution in [0.15, 0.2) is 24.3 Å². The molecule has 1 aromatic carbocycles. The van der Waals surface area contributed by atoms with Crippen molar-refractivity contribution in [3.05, 3.63) is 29.8 Å². The van der Waals surface area contributed by atoms with Crippen LogP contribution < -0.4 is 10.1 Å². The van der Waals surface area contributed by atoms with Crippen LogP contribution in [-0.2, 0) is 9.59 Å². The minimum absolute atomic E-state index is 0.0685. The van der Waals surface area contributed by atoms with Gasteiger partial charge in [-0.2, -0.15) is 0 Å². The molecule has 0 radical (unpaired) electrons. The second kappa shape index (κ2) is 7.17. The summed E-state index contributed by atoms with van der Waals surface area (Å²) in [7, 11) is 0. The normalized spacial score (nSPS) is 28.3. The molecule has 2 fully saturated rings. The maximum Gasteiger partial charge on any atom is 0.573 e. The summed E-state index contributed by atoms with van der Waals surface area (Å²) in [4.78, 5) is 23.3. The molecule has 5 nitrogen and oxygen atoms in total. The molecule has 2 atom stereocenters. The topological polar surface area (TPSA) is 75.6 Å². The summed E-state index contributed by atoms with van der Waals surface area (Å²) in [6.07, 6.45) is -2.03. The van der Waals surface area contributed by atoms with Gasteiger partial charge in [-0.1, -0.05) is 18.2 Å². The average Bonchev–Trinajstić information content (AvgIpc) is 3.35. The van der Waals surface area contributed by atoms with Crippen molar-refractivity contribution in [1.82, 2.24) is 5.32 Å². The predicted octanol–water partition coefficient (Wildman–Crippen LogP) is 3.45. The Morgan fingerprint density at radius 1 is 1.12 bits per heavy atom. The van der Waals surface area contributed by atoms with Crippen molar-refractivity contribution in [2.24, 2.45) is 11.8 Å². The van der Waals surface area contributed by atoms with Crippen LogP contribution >= 0.6 is 0 Å². The lowest BCUT2D eigenvalue weighted by Crippen LogP contribution is -2.39. The Labute approximate surface area is 148 Å². The van der Waals surface area contributed by atoms with E-state index in [4.69, 9.17) is 5.11 Å². The number of para-hydroxylation sites is 1. The van der Waals surface area contributed by atoms with Gasteiger partial charge in [0.2, 0.25) is 5.91 Å². The van der Waals surface area contributed by atoms with Crippen LogP contribution in [0, 0.1) is 11.8 Å². The lowest BCUT2D eigenvalue weighted by atomic mass is 9.86. The molecule has 2 N–H and O–H groups in total. The van der Waals surface area contributed by atoms with E-state index in [0.717, 1.165) is 0 Å². The number of halogens is 3. The summed E-state index contributed by atoms with van der Waals surface area (Å²) in [5, 5.41) is 11.9. The molecule has 2 aliphatic carbocycles. The summed E-state index contributed by atoms with van der Waals surface area (Å²) in [6, 6.07) is 5.82. The van der Waals surface area contributed by atoms with Crippen LogP contribution in [0.2, 0.25) is 0 Å². The SMILES string of the molecule is O=C(O)C1CCC(NC(=O)[C@H]2C[C@@H]2c2ccccc2OC(F)(F)F)CC1. The lowest BCUT2D eigenvalue weighted by molar-refractivity contribution is -0.274. The maximum atomic E-state index is 12.5. The van der Waals surface area contributed by atoms with E-state index in [9.17, 15) is 22.8 Å². The zero-order chi connectivity index (χ0) is 18.9. The molecule has 0 heterocycles. The molecule has 0 aromatic heterocycles. The van der Waals surface area contributed by atoms with Crippen LogP contribution in [-0.4, -0.2) is 29.4 Å². The number of aliphatic carboxylic acids is 1. The Morgan fingerprint density at radius 3 is 2.38 bits per heavy atom. The highest BCUT2D eigenvalue weighted by Gasteiger charge is 2.46. The van der Waals surface area contributed by atoms with Gasteiger partial charge < -0.3 is 15.2 Å². The number of hydrogen-bond donors (Lipinski definition) is 2. The van der Waals surface area contributed by atoms with Gasteiger partial charge in [0.15, 0.2) is 0 Å². The number of carbonyl (C=O) groups excluding carboxylic acids is 1. The van der Waals surface area contributed by atoms with Crippen molar-refractivity contribution < 1.29 is 32.6 Å². The molecule has 0 aliphatic heterocycles. The molecular weight excluding hydrogens is 351 g/mol. The number of carbonyl (C=O) groups is 2. The number of nitrogens with one attached hydrogen (secondary N) is 1. The van der Waals surface area contributed by atoms with Gasteiger partial charge in [-0.05, 0) is 49.7 Å². The molecule has 1 amide bonds. The number of ether oxygens (including phenoxy) is 1. The average molecular weight is 371 g/mol. The molecule has 3 rings (SSSR count). The Kier molecular flexibility index (Phi) is 5.11. The van der Waals surface area contributed by atoms with Crippen molar-refractivity contribution in [1.29, 1.82) is 0 Å². The minimum atomic E-state index is -4.77. The molecule has 142 valence electrons. The van der Waals surface area contributed by atoms with Gasteiger partial charge >= 0.3 is 12.3 Å². The maximum absolute atomic E-state index is 12.5. The zero-order valence-corrected chi connectivity index (χ0v) is 14.0. The Morgan fingerprint density at radius 2 is 1.77 bits per heavy atom. The predicted molar refractivity (Wildman–Crippen MR) is 85.5 cm³/mol. The third-order valence-corrected chi connectivity index (χ3v) is 5.09. The molecule has 0 saturated heterocycles. The van der Waals surface area contributed by atoms with Crippen molar-refractivity contribution in [3.63, 3.8) is 0 Å². The van der Waals surface area contributed by atoms with E-state index in [1.54, 1.807) is 12.1 Å². The minimum Gasteiger partial charge on any atom is -0.481 e. The Hall–Kier alpha value is -2.25. The van der Waals surface area contributed by atoms with Crippen molar-refractivity contribution >= 4 is 11.9 Å². The van der Waals surface area contributed by atoms with Gasteiger partial charge in [-0.25, -0.2) is 0 Å². The third kappa shape index (κ3) is 4.47. The fraction of sp³-hybridized carbons (Fsp3) is 0.556. The van der Waals surface area contributed by atoms with E-state index in [2.05, 4.69) is 10.1 Å². The zero-order valence-electron chi connectivity index (χ0n) is 14.0. The number of hydrogen-bond acceptors (Lipinski definition) is 3. The van der Waals surface area contributed by atoms with E-state index in [-0.39, 0.29) is 35.5 Å². The molecule has 0 bridgehead atoms. The van der Waals surface area contributed by atoms with Crippen LogP contribution in [0.25, 0.3) is 0 Å². The van der Waals surface area contributed by atoms with Crippen LogP contribution in [0.4, 0.5) is 13.2 Å². The quantitative estimate of drug-likeness (QED) is 0.831. The van der Waals surface area contributed by atoms with Gasteiger partial charge in [0.1, 0.15) is 5.75 Å². The molecule has 2 saturated carbocycles. The number of alkyl halides is 3. The van der Waals surface area contributed by atoms with Gasteiger partial charge in [0.05, 0.1) is 5.92 Å². The second-order valence-corrected chi connectivity index (χ2v) is 6.93. The number of carboxylic acids is 1. The number of amides is 1. The van der Waals surface area contributed by atoms with E-state index in [1.807, 2.05) is 0 Å². The number of benzene rings is 1. The summed E-state index contributed by atoms with van der Waals surface area (Å²) >= 11 is 0. The van der Waals surface area contributed by atoms with Gasteiger partial charge in [-0.15, -0.1) is 13.2 Å². The summed E-state index contributed by atoms with van der Waals surface area (Å²) < 4.78 is 41.6. The van der Waals surface area contributed by atoms with Gasteiger partial charge in [-0.3, -0.25) is 9.59 Å². The van der Waals surface area contributed by atoms with Crippen molar-refractivity contribution in [2.45, 2.75) is 50.4 Å². The monoisotopic (exact) mass is 371 g/mol. The second-order valence-electron chi connectivity index (χ2n) is 6.93. The lowest BCUT2D eigenvalue weighted by Gasteiger charge is -2.26. The largest absolute Gasteiger partial charge is 0.573 e. The van der Waals surface area contributed by atoms with E-state index in [0.29, 0.717) is 37.7 Å². The fourth-order valence-electron chi connectivity index (χ4n) is 3.63. The molecule has 0 spiro atoms. The smallest absolute Gasteiger partial charge is 0.481 e. The Bertz CT molecular complexity index is 683. The first-order chi connectivity index (χ1) is 12.2. The van der Waals surface area contributed by atoms with Crippen molar-refractivity contribution in [2.75, 3.05) is 0 Å². The number of carboxylic acid groups (broad SMARTS) is 1. The highest BCUT2D eigenvalue weighted by Crippen LogP contribution is 2.51. The fourth-order valence-corrected chi connectivity index (χ4v) is 3.63. The highest BCUT2D eigenvalue weighted by atomic mass is 19.4. The summed E-state index contributed by atoms with van der Waals surface area (Å²) in [6.45, 7) is 0. The van der Waals surface area contributed by atoms with Gasteiger partial charge in [0, 0.05) is 12.0 Å². The van der Waals surface area contributed by atoms with E-state index in [1.165, 1.54) is 12.1 Å². The Balaban J connectivity index is 1.56. The molecule has 2 aliphatic rings. The third-order valence-electron chi connectivity index (χ3n) is 5.09. The first kappa shape index (κ1) is 18.5. The van der Waals surface area contributed by atoms with Crippen LogP contribution in [0.1, 0.15) is 43.6 Å². The molecule has 8 heteroatoms. The highest BCUT2D eigenvalue weighted by molar-refractivity contribution is 5.83. The van der Waals surface area contributed by atoms with E-state index >= 15 is 0 Å². The van der Waals surface area contributed by atoms with Crippen molar-refractivity contribution in [3.8, 4) is 5.75 Å². The van der Waals surface area contributed by atoms with Gasteiger partial charge in [0.25, 0.3) is 0 Å². The molecule has 26 heavy (non-hydrogen) atoms. The van der Waals surface area contributed by atoms with Crippen LogP contribution in [0.5, 0.6) is 5.75 Å². The summed E-state index contributed by atoms with van der Waals surface area (Å²) in [5.74, 6) is -2.27. The molecular formula is C18H20F3NO4.